The number of aliphatic hydroxyl groups is 1. The number of ether oxygens (including phenoxy) is 2. The smallest absolute Gasteiger partial charge is 0.407 e. The summed E-state index contributed by atoms with van der Waals surface area (Å²) < 4.78 is 10.00. The zero-order valence-electron chi connectivity index (χ0n) is 17.7. The molecule has 1 aromatic carbocycles. The Hall–Kier alpha value is -2.34. The van der Waals surface area contributed by atoms with Gasteiger partial charge < -0.3 is 19.9 Å². The summed E-state index contributed by atoms with van der Waals surface area (Å²) in [6.45, 7) is 9.08. The van der Waals surface area contributed by atoms with Gasteiger partial charge >= 0.3 is 12.1 Å². The Labute approximate surface area is 167 Å². The summed E-state index contributed by atoms with van der Waals surface area (Å²) in [6, 6.07) is 9.09. The average molecular weight is 392 g/mol. The monoisotopic (exact) mass is 391 g/mol. The first kappa shape index (κ1) is 23.7. The van der Waals surface area contributed by atoms with E-state index in [-0.39, 0.29) is 18.3 Å². The molecule has 0 aromatic heterocycles. The molecule has 3 atom stereocenters. The predicted octanol–water partition coefficient (Wildman–Crippen LogP) is 3.63. The largest absolute Gasteiger partial charge is 0.469 e. The maximum atomic E-state index is 12.3. The van der Waals surface area contributed by atoms with Crippen molar-refractivity contribution in [2.45, 2.75) is 65.2 Å². The van der Waals surface area contributed by atoms with Gasteiger partial charge in [0.05, 0.1) is 25.7 Å². The molecule has 6 nitrogen and oxygen atoms in total. The van der Waals surface area contributed by atoms with E-state index in [1.807, 2.05) is 44.2 Å². The van der Waals surface area contributed by atoms with Crippen LogP contribution in [0.3, 0.4) is 0 Å². The molecule has 0 radical (unpaired) electrons. The van der Waals surface area contributed by atoms with Gasteiger partial charge in [-0.3, -0.25) is 4.79 Å². The fraction of sp³-hybridized carbons (Fsp3) is 0.545. The molecule has 1 rings (SSSR count). The van der Waals surface area contributed by atoms with Gasteiger partial charge in [-0.05, 0) is 39.7 Å². The third kappa shape index (κ3) is 8.57. The van der Waals surface area contributed by atoms with Crippen LogP contribution in [0.5, 0.6) is 0 Å². The van der Waals surface area contributed by atoms with Gasteiger partial charge in [-0.25, -0.2) is 4.79 Å². The van der Waals surface area contributed by atoms with Crippen LogP contribution in [-0.2, 0) is 20.7 Å². The second-order valence-corrected chi connectivity index (χ2v) is 7.95. The number of benzene rings is 1. The van der Waals surface area contributed by atoms with E-state index in [2.05, 4.69) is 10.1 Å². The fourth-order valence-electron chi connectivity index (χ4n) is 2.72. The second-order valence-electron chi connectivity index (χ2n) is 7.95. The predicted molar refractivity (Wildman–Crippen MR) is 109 cm³/mol. The third-order valence-electron chi connectivity index (χ3n) is 4.46. The molecule has 0 unspecified atom stereocenters. The topological polar surface area (TPSA) is 84.9 Å². The number of carbonyl (C=O) groups is 2. The van der Waals surface area contributed by atoms with Crippen molar-refractivity contribution in [1.29, 1.82) is 0 Å². The highest BCUT2D eigenvalue weighted by atomic mass is 16.6. The van der Waals surface area contributed by atoms with Gasteiger partial charge in [-0.2, -0.15) is 0 Å². The molecular weight excluding hydrogens is 358 g/mol. The first-order valence-electron chi connectivity index (χ1n) is 9.48. The Morgan fingerprint density at radius 2 is 1.82 bits per heavy atom. The van der Waals surface area contributed by atoms with Crippen LogP contribution in [-0.4, -0.2) is 42.0 Å². The van der Waals surface area contributed by atoms with Crippen LogP contribution >= 0.6 is 0 Å². The fourth-order valence-corrected chi connectivity index (χ4v) is 2.72. The normalized spacial score (nSPS) is 15.3. The van der Waals surface area contributed by atoms with Crippen LogP contribution in [0.25, 0.3) is 0 Å². The van der Waals surface area contributed by atoms with Crippen molar-refractivity contribution in [3.05, 3.63) is 47.5 Å². The standard InChI is InChI=1S/C22H33NO5/c1-15(12-13-19(24)27-6)16(2)20(25)18(14-17-10-8-7-9-11-17)23-21(26)28-22(3,4)5/h7-12,16,18,20,25H,13-14H2,1-6H3,(H,23,26)/b15-12+/t16-,18+,20+/m1/s1. The lowest BCUT2D eigenvalue weighted by molar-refractivity contribution is -0.139. The minimum absolute atomic E-state index is 0.141. The number of aliphatic hydroxyl groups excluding tert-OH is 1. The average Bonchev–Trinajstić information content (AvgIpc) is 2.63. The first-order valence-corrected chi connectivity index (χ1v) is 9.48. The molecule has 156 valence electrons. The van der Waals surface area contributed by atoms with Crippen LogP contribution in [0.15, 0.2) is 42.0 Å². The molecule has 0 fully saturated rings. The summed E-state index contributed by atoms with van der Waals surface area (Å²) in [5.74, 6) is -0.609. The quantitative estimate of drug-likeness (QED) is 0.522. The molecule has 28 heavy (non-hydrogen) atoms. The molecule has 0 aliphatic rings. The van der Waals surface area contributed by atoms with Crippen molar-refractivity contribution in [1.82, 2.24) is 5.32 Å². The summed E-state index contributed by atoms with van der Waals surface area (Å²) in [5, 5.41) is 13.8. The number of carbonyl (C=O) groups excluding carboxylic acids is 2. The van der Waals surface area contributed by atoms with Gasteiger partial charge in [-0.1, -0.05) is 48.9 Å². The molecule has 0 aliphatic heterocycles. The minimum atomic E-state index is -0.860. The summed E-state index contributed by atoms with van der Waals surface area (Å²) in [4.78, 5) is 23.6. The lowest BCUT2D eigenvalue weighted by Gasteiger charge is -2.30. The maximum Gasteiger partial charge on any atom is 0.407 e. The second kappa shape index (κ2) is 10.9. The van der Waals surface area contributed by atoms with E-state index in [1.165, 1.54) is 7.11 Å². The molecule has 1 aromatic rings. The molecule has 2 N–H and O–H groups in total. The summed E-state index contributed by atoms with van der Waals surface area (Å²) in [6.07, 6.45) is 0.905. The number of nitrogens with one attached hydrogen (secondary N) is 1. The molecule has 0 saturated heterocycles. The molecule has 0 bridgehead atoms. The van der Waals surface area contributed by atoms with E-state index in [9.17, 15) is 14.7 Å². The summed E-state index contributed by atoms with van der Waals surface area (Å²) >= 11 is 0. The number of methoxy groups -OCH3 is 1. The SMILES string of the molecule is COC(=O)C/C=C(\C)[C@@H](C)[C@H](O)[C@H](Cc1ccccc1)NC(=O)OC(C)(C)C. The zero-order chi connectivity index (χ0) is 21.3. The van der Waals surface area contributed by atoms with Crippen LogP contribution in [0.1, 0.15) is 46.6 Å². The number of rotatable bonds is 8. The van der Waals surface area contributed by atoms with E-state index >= 15 is 0 Å². The molecule has 6 heteroatoms. The zero-order valence-corrected chi connectivity index (χ0v) is 17.7. The number of alkyl carbamates (subject to hydrolysis) is 1. The van der Waals surface area contributed by atoms with Gasteiger partial charge in [0, 0.05) is 5.92 Å². The van der Waals surface area contributed by atoms with E-state index in [1.54, 1.807) is 26.8 Å². The molecule has 0 spiro atoms. The Morgan fingerprint density at radius 1 is 1.21 bits per heavy atom. The van der Waals surface area contributed by atoms with E-state index in [0.717, 1.165) is 11.1 Å². The number of amides is 1. The van der Waals surface area contributed by atoms with Crippen molar-refractivity contribution < 1.29 is 24.2 Å². The van der Waals surface area contributed by atoms with E-state index in [4.69, 9.17) is 4.74 Å². The lowest BCUT2D eigenvalue weighted by atomic mass is 9.88. The van der Waals surface area contributed by atoms with Crippen LogP contribution in [0.2, 0.25) is 0 Å². The van der Waals surface area contributed by atoms with Crippen LogP contribution < -0.4 is 5.32 Å². The first-order chi connectivity index (χ1) is 13.0. The van der Waals surface area contributed by atoms with Gasteiger partial charge in [-0.15, -0.1) is 0 Å². The Bertz CT molecular complexity index is 663. The van der Waals surface area contributed by atoms with Crippen molar-refractivity contribution in [2.75, 3.05) is 7.11 Å². The Kier molecular flexibility index (Phi) is 9.19. The van der Waals surface area contributed by atoms with Gasteiger partial charge in [0.15, 0.2) is 0 Å². The van der Waals surface area contributed by atoms with Crippen molar-refractivity contribution in [3.8, 4) is 0 Å². The van der Waals surface area contributed by atoms with Crippen LogP contribution in [0.4, 0.5) is 4.79 Å². The van der Waals surface area contributed by atoms with Gasteiger partial charge in [0.25, 0.3) is 0 Å². The highest BCUT2D eigenvalue weighted by Gasteiger charge is 2.29. The maximum absolute atomic E-state index is 12.3. The Balaban J connectivity index is 2.94. The van der Waals surface area contributed by atoms with Gasteiger partial charge in [0.1, 0.15) is 5.60 Å². The minimum Gasteiger partial charge on any atom is -0.469 e. The lowest BCUT2D eigenvalue weighted by Crippen LogP contribution is -2.49. The molecule has 0 aliphatic carbocycles. The third-order valence-corrected chi connectivity index (χ3v) is 4.46. The molecule has 1 amide bonds. The highest BCUT2D eigenvalue weighted by Crippen LogP contribution is 2.21. The number of hydrogen-bond donors (Lipinski definition) is 2. The van der Waals surface area contributed by atoms with E-state index in [0.29, 0.717) is 6.42 Å². The molecule has 0 saturated carbocycles. The Morgan fingerprint density at radius 3 is 2.36 bits per heavy atom. The van der Waals surface area contributed by atoms with Crippen LogP contribution in [0, 0.1) is 5.92 Å². The van der Waals surface area contributed by atoms with E-state index < -0.39 is 23.8 Å². The van der Waals surface area contributed by atoms with Gasteiger partial charge in [0.2, 0.25) is 0 Å². The van der Waals surface area contributed by atoms with Crippen molar-refractivity contribution >= 4 is 12.1 Å². The molecule has 0 heterocycles. The van der Waals surface area contributed by atoms with Crippen molar-refractivity contribution in [2.24, 2.45) is 5.92 Å². The van der Waals surface area contributed by atoms with Crippen molar-refractivity contribution in [3.63, 3.8) is 0 Å². The highest BCUT2D eigenvalue weighted by molar-refractivity contribution is 5.71. The summed E-state index contributed by atoms with van der Waals surface area (Å²) in [5.41, 5.74) is 1.21. The number of hydrogen-bond acceptors (Lipinski definition) is 5. The summed E-state index contributed by atoms with van der Waals surface area (Å²) in [7, 11) is 1.34. The molecular formula is C22H33NO5. The number of esters is 1.